The highest BCUT2D eigenvalue weighted by atomic mass is 35.5. The van der Waals surface area contributed by atoms with Crippen molar-refractivity contribution in [1.29, 1.82) is 0 Å². The molecule has 12 heteroatoms. The number of benzene rings is 1. The zero-order valence-electron chi connectivity index (χ0n) is 20.8. The summed E-state index contributed by atoms with van der Waals surface area (Å²) in [7, 11) is 0. The predicted octanol–water partition coefficient (Wildman–Crippen LogP) is 3.08. The molecule has 0 spiro atoms. The van der Waals surface area contributed by atoms with Gasteiger partial charge in [-0.1, -0.05) is 16.8 Å². The van der Waals surface area contributed by atoms with Crippen LogP contribution < -0.4 is 5.76 Å². The number of piperidine rings is 1. The number of likely N-dealkylation sites (tertiary alicyclic amines) is 1. The van der Waals surface area contributed by atoms with Gasteiger partial charge < -0.3 is 18.8 Å². The Morgan fingerprint density at radius 3 is 2.79 bits per heavy atom. The molecule has 3 aliphatic heterocycles. The molecule has 3 unspecified atom stereocenters. The maximum Gasteiger partial charge on any atom is 0.439 e. The lowest BCUT2D eigenvalue weighted by Gasteiger charge is -2.33. The fraction of sp³-hybridized carbons (Fsp3) is 0.462. The molecule has 11 nitrogen and oxygen atoms in total. The van der Waals surface area contributed by atoms with Crippen molar-refractivity contribution in [2.45, 2.75) is 57.0 Å². The first-order chi connectivity index (χ1) is 18.4. The van der Waals surface area contributed by atoms with Gasteiger partial charge in [-0.2, -0.15) is 0 Å². The van der Waals surface area contributed by atoms with Crippen molar-refractivity contribution in [3.63, 3.8) is 0 Å². The van der Waals surface area contributed by atoms with E-state index in [4.69, 9.17) is 35.3 Å². The average Bonchev–Trinajstić information content (AvgIpc) is 3.56. The Labute approximate surface area is 222 Å². The molecule has 1 aromatic carbocycles. The predicted molar refractivity (Wildman–Crippen MR) is 136 cm³/mol. The third-order valence-electron chi connectivity index (χ3n) is 7.61. The van der Waals surface area contributed by atoms with Gasteiger partial charge in [0.05, 0.1) is 47.0 Å². The first-order valence-electron chi connectivity index (χ1n) is 12.8. The standard InChI is InChI=1S/C26H27ClN6O5/c1-26(22-5-3-16(27)11-28-22)36-20-6-8-32(13-21(20)37-26)14-23-29-18-4-2-15(24-30-25(34)38-31-24)10-19(18)33(23)12-17-7-9-35-17/h2-5,10-11,17,20-21H,6-9,12-14H2,1H3,(H,30,31,34)/t17-,20?,21?,26?/m1/s1. The molecule has 0 aliphatic carbocycles. The summed E-state index contributed by atoms with van der Waals surface area (Å²) >= 11 is 6.02. The van der Waals surface area contributed by atoms with Crippen LogP contribution >= 0.6 is 11.6 Å². The molecule has 0 amide bonds. The molecular formula is C26H27ClN6O5. The SMILES string of the molecule is CC1(c2ccc(Cl)cn2)OC2CCN(Cc3nc4ccc(-c5noc(=O)[nH]5)cc4n3C[C@H]3CCO3)CC2O1. The van der Waals surface area contributed by atoms with Crippen LogP contribution in [0.15, 0.2) is 45.8 Å². The Morgan fingerprint density at radius 1 is 1.18 bits per heavy atom. The zero-order chi connectivity index (χ0) is 25.9. The van der Waals surface area contributed by atoms with E-state index >= 15 is 0 Å². The molecule has 3 aromatic heterocycles. The largest absolute Gasteiger partial charge is 0.439 e. The van der Waals surface area contributed by atoms with E-state index < -0.39 is 11.5 Å². The number of pyridine rings is 1. The van der Waals surface area contributed by atoms with Gasteiger partial charge in [0.15, 0.2) is 5.82 Å². The van der Waals surface area contributed by atoms with Gasteiger partial charge in [0.1, 0.15) is 11.9 Å². The van der Waals surface area contributed by atoms with Crippen molar-refractivity contribution >= 4 is 22.6 Å². The Kier molecular flexibility index (Phi) is 5.86. The lowest BCUT2D eigenvalue weighted by molar-refractivity contribution is -0.171. The van der Waals surface area contributed by atoms with E-state index in [-0.39, 0.29) is 18.3 Å². The van der Waals surface area contributed by atoms with Gasteiger partial charge in [-0.3, -0.25) is 19.4 Å². The first-order valence-corrected chi connectivity index (χ1v) is 13.2. The number of nitrogens with one attached hydrogen (secondary N) is 1. The van der Waals surface area contributed by atoms with Crippen LogP contribution in [0.3, 0.4) is 0 Å². The van der Waals surface area contributed by atoms with Crippen molar-refractivity contribution in [1.82, 2.24) is 29.6 Å². The van der Waals surface area contributed by atoms with E-state index in [9.17, 15) is 4.79 Å². The van der Waals surface area contributed by atoms with Gasteiger partial charge >= 0.3 is 5.76 Å². The molecule has 0 bridgehead atoms. The third kappa shape index (κ3) is 4.34. The summed E-state index contributed by atoms with van der Waals surface area (Å²) < 4.78 is 25.5. The number of ether oxygens (including phenoxy) is 3. The lowest BCUT2D eigenvalue weighted by Crippen LogP contribution is -2.45. The van der Waals surface area contributed by atoms with Crippen LogP contribution in [0.1, 0.15) is 31.3 Å². The summed E-state index contributed by atoms with van der Waals surface area (Å²) in [6.07, 6.45) is 3.57. The van der Waals surface area contributed by atoms with Crippen LogP contribution in [0.4, 0.5) is 0 Å². The second kappa shape index (κ2) is 9.28. The van der Waals surface area contributed by atoms with E-state index in [0.29, 0.717) is 23.9 Å². The second-order valence-corrected chi connectivity index (χ2v) is 10.6. The van der Waals surface area contributed by atoms with Crippen molar-refractivity contribution in [2.75, 3.05) is 19.7 Å². The number of nitrogens with zero attached hydrogens (tertiary/aromatic N) is 5. The number of hydrogen-bond donors (Lipinski definition) is 1. The number of halogens is 1. The monoisotopic (exact) mass is 538 g/mol. The molecule has 0 saturated carbocycles. The fourth-order valence-electron chi connectivity index (χ4n) is 5.55. The van der Waals surface area contributed by atoms with Gasteiger partial charge in [-0.25, -0.2) is 9.78 Å². The molecule has 3 aliphatic rings. The molecule has 0 radical (unpaired) electrons. The number of fused-ring (bicyclic) bond motifs is 2. The molecule has 4 aromatic rings. The van der Waals surface area contributed by atoms with Crippen LogP contribution in [0.25, 0.3) is 22.4 Å². The Morgan fingerprint density at radius 2 is 2.05 bits per heavy atom. The summed E-state index contributed by atoms with van der Waals surface area (Å²) in [6.45, 7) is 5.67. The summed E-state index contributed by atoms with van der Waals surface area (Å²) in [5, 5.41) is 4.42. The number of H-pyrrole nitrogens is 1. The highest BCUT2D eigenvalue weighted by Crippen LogP contribution is 2.40. The first kappa shape index (κ1) is 24.0. The average molecular weight is 539 g/mol. The van der Waals surface area contributed by atoms with E-state index in [1.54, 1.807) is 12.3 Å². The molecular weight excluding hydrogens is 512 g/mol. The molecule has 7 rings (SSSR count). The summed E-state index contributed by atoms with van der Waals surface area (Å²) in [5.41, 5.74) is 3.33. The second-order valence-electron chi connectivity index (χ2n) is 10.2. The van der Waals surface area contributed by atoms with Crippen molar-refractivity contribution < 1.29 is 18.7 Å². The van der Waals surface area contributed by atoms with Crippen LogP contribution in [0, 0.1) is 0 Å². The number of aromatic amines is 1. The van der Waals surface area contributed by atoms with Gasteiger partial charge in [0.25, 0.3) is 0 Å². The van der Waals surface area contributed by atoms with Crippen LogP contribution in [-0.4, -0.2) is 67.6 Å². The third-order valence-corrected chi connectivity index (χ3v) is 7.84. The fourth-order valence-corrected chi connectivity index (χ4v) is 5.66. The van der Waals surface area contributed by atoms with E-state index in [1.165, 1.54) is 0 Å². The van der Waals surface area contributed by atoms with Crippen molar-refractivity contribution in [2.24, 2.45) is 0 Å². The summed E-state index contributed by atoms with van der Waals surface area (Å²) in [5.74, 6) is -0.129. The number of aromatic nitrogens is 5. The lowest BCUT2D eigenvalue weighted by atomic mass is 10.1. The Balaban J connectivity index is 1.14. The molecule has 4 atom stereocenters. The van der Waals surface area contributed by atoms with E-state index in [1.807, 2.05) is 31.2 Å². The quantitative estimate of drug-likeness (QED) is 0.395. The molecule has 1 N–H and O–H groups in total. The minimum atomic E-state index is -0.900. The molecule has 198 valence electrons. The van der Waals surface area contributed by atoms with Gasteiger partial charge in [0.2, 0.25) is 5.79 Å². The van der Waals surface area contributed by atoms with Crippen LogP contribution in [-0.2, 0) is 33.1 Å². The van der Waals surface area contributed by atoms with E-state index in [2.05, 4.69) is 24.6 Å². The molecule has 38 heavy (non-hydrogen) atoms. The minimum absolute atomic E-state index is 0.00287. The van der Waals surface area contributed by atoms with Crippen molar-refractivity contribution in [3.05, 3.63) is 63.6 Å². The van der Waals surface area contributed by atoms with Crippen LogP contribution in [0.5, 0.6) is 0 Å². The van der Waals surface area contributed by atoms with Gasteiger partial charge in [-0.15, -0.1) is 0 Å². The summed E-state index contributed by atoms with van der Waals surface area (Å²) in [6, 6.07) is 9.48. The van der Waals surface area contributed by atoms with Crippen LogP contribution in [0.2, 0.25) is 5.02 Å². The topological polar surface area (TPSA) is 121 Å². The van der Waals surface area contributed by atoms with Crippen molar-refractivity contribution in [3.8, 4) is 11.4 Å². The minimum Gasteiger partial charge on any atom is -0.376 e. The Bertz CT molecular complexity index is 1530. The molecule has 3 saturated heterocycles. The van der Waals surface area contributed by atoms with Gasteiger partial charge in [-0.05, 0) is 50.1 Å². The molecule has 6 heterocycles. The normalized spacial score (nSPS) is 27.5. The highest BCUT2D eigenvalue weighted by molar-refractivity contribution is 6.30. The highest BCUT2D eigenvalue weighted by Gasteiger charge is 2.48. The summed E-state index contributed by atoms with van der Waals surface area (Å²) in [4.78, 5) is 25.9. The Hall–Kier alpha value is -3.09. The maximum atomic E-state index is 11.5. The number of hydrogen-bond acceptors (Lipinski definition) is 9. The number of rotatable bonds is 6. The zero-order valence-corrected chi connectivity index (χ0v) is 21.6. The smallest absolute Gasteiger partial charge is 0.376 e. The number of imidazole rings is 1. The maximum absolute atomic E-state index is 11.5. The molecule has 3 fully saturated rings. The van der Waals surface area contributed by atoms with E-state index in [0.717, 1.165) is 60.7 Å². The van der Waals surface area contributed by atoms with Gasteiger partial charge in [0, 0.05) is 31.5 Å².